The second kappa shape index (κ2) is 6.88. The molecule has 0 saturated heterocycles. The quantitative estimate of drug-likeness (QED) is 0.572. The molecule has 0 radical (unpaired) electrons. The van der Waals surface area contributed by atoms with Gasteiger partial charge < -0.3 is 0 Å². The topological polar surface area (TPSA) is 17.1 Å². The van der Waals surface area contributed by atoms with E-state index in [1.54, 1.807) is 0 Å². The second-order valence-electron chi connectivity index (χ2n) is 3.84. The second-order valence-corrected chi connectivity index (χ2v) is 3.84. The van der Waals surface area contributed by atoms with Gasteiger partial charge in [-0.05, 0) is 33.1 Å². The summed E-state index contributed by atoms with van der Waals surface area (Å²) in [7, 11) is 0. The summed E-state index contributed by atoms with van der Waals surface area (Å²) in [6, 6.07) is 0. The van der Waals surface area contributed by atoms with Gasteiger partial charge in [0.2, 0.25) is 0 Å². The zero-order chi connectivity index (χ0) is 10.3. The molecule has 0 N–H and O–H groups in total. The highest BCUT2D eigenvalue weighted by molar-refractivity contribution is 5.81. The van der Waals surface area contributed by atoms with Gasteiger partial charge in [-0.3, -0.25) is 4.79 Å². The highest BCUT2D eigenvalue weighted by Gasteiger charge is 2.13. The molecule has 1 atom stereocenters. The van der Waals surface area contributed by atoms with Gasteiger partial charge in [-0.1, -0.05) is 25.5 Å². The number of carbonyl (C=O) groups excluding carboxylic acids is 1. The van der Waals surface area contributed by atoms with Crippen molar-refractivity contribution >= 4 is 5.78 Å². The summed E-state index contributed by atoms with van der Waals surface area (Å²) in [5, 5.41) is 0. The summed E-state index contributed by atoms with van der Waals surface area (Å²) < 4.78 is 0. The zero-order valence-corrected chi connectivity index (χ0v) is 9.39. The molecule has 0 aliphatic rings. The van der Waals surface area contributed by atoms with Crippen LogP contribution in [0.4, 0.5) is 0 Å². The lowest BCUT2D eigenvalue weighted by Crippen LogP contribution is -2.12. The monoisotopic (exact) mass is 182 g/mol. The van der Waals surface area contributed by atoms with E-state index in [0.717, 1.165) is 25.7 Å². The number of Topliss-reactive ketones (excluding diaryl/α,β-unsaturated/α-hetero) is 1. The molecule has 0 bridgehead atoms. The van der Waals surface area contributed by atoms with Crippen LogP contribution in [0.25, 0.3) is 0 Å². The number of hydrogen-bond acceptors (Lipinski definition) is 1. The molecule has 0 aliphatic carbocycles. The van der Waals surface area contributed by atoms with Crippen LogP contribution in [0.5, 0.6) is 0 Å². The van der Waals surface area contributed by atoms with Gasteiger partial charge in [0.15, 0.2) is 0 Å². The van der Waals surface area contributed by atoms with Gasteiger partial charge in [-0.15, -0.1) is 0 Å². The van der Waals surface area contributed by atoms with Crippen molar-refractivity contribution in [3.8, 4) is 0 Å². The average Bonchev–Trinajstić information content (AvgIpc) is 2.05. The van der Waals surface area contributed by atoms with Gasteiger partial charge in [0.05, 0.1) is 0 Å². The third kappa shape index (κ3) is 5.62. The Kier molecular flexibility index (Phi) is 6.56. The van der Waals surface area contributed by atoms with Gasteiger partial charge in [0, 0.05) is 12.3 Å². The number of hydrogen-bond donors (Lipinski definition) is 0. The van der Waals surface area contributed by atoms with Gasteiger partial charge in [-0.2, -0.15) is 0 Å². The van der Waals surface area contributed by atoms with Crippen molar-refractivity contribution in [1.29, 1.82) is 0 Å². The van der Waals surface area contributed by atoms with Crippen LogP contribution in [-0.4, -0.2) is 5.78 Å². The zero-order valence-electron chi connectivity index (χ0n) is 9.39. The van der Waals surface area contributed by atoms with E-state index in [2.05, 4.69) is 33.8 Å². The molecule has 0 aromatic heterocycles. The fourth-order valence-corrected chi connectivity index (χ4v) is 1.35. The minimum Gasteiger partial charge on any atom is -0.299 e. The molecule has 0 aromatic rings. The van der Waals surface area contributed by atoms with Crippen molar-refractivity contribution in [2.75, 3.05) is 0 Å². The maximum absolute atomic E-state index is 11.6. The Bertz CT molecular complexity index is 176. The van der Waals surface area contributed by atoms with Crippen molar-refractivity contribution < 1.29 is 4.79 Å². The van der Waals surface area contributed by atoms with Crippen molar-refractivity contribution in [2.45, 2.75) is 53.4 Å². The highest BCUT2D eigenvalue weighted by Crippen LogP contribution is 2.14. The Morgan fingerprint density at radius 3 is 2.31 bits per heavy atom. The molecule has 0 amide bonds. The predicted molar refractivity (Wildman–Crippen MR) is 57.7 cm³/mol. The van der Waals surface area contributed by atoms with Crippen molar-refractivity contribution in [3.63, 3.8) is 0 Å². The standard InChI is InChI=1S/C12H22O/c1-5-7-12(13)11(6-2)9-8-10(3)4/h8,11H,5-7,9H2,1-4H3. The van der Waals surface area contributed by atoms with E-state index in [1.807, 2.05) is 0 Å². The molecule has 76 valence electrons. The van der Waals surface area contributed by atoms with Crippen molar-refractivity contribution in [3.05, 3.63) is 11.6 Å². The lowest BCUT2D eigenvalue weighted by molar-refractivity contribution is -0.122. The third-order valence-corrected chi connectivity index (χ3v) is 2.26. The smallest absolute Gasteiger partial charge is 0.136 e. The van der Waals surface area contributed by atoms with Crippen LogP contribution in [0.1, 0.15) is 53.4 Å². The van der Waals surface area contributed by atoms with Crippen LogP contribution in [0, 0.1) is 5.92 Å². The van der Waals surface area contributed by atoms with E-state index >= 15 is 0 Å². The van der Waals surface area contributed by atoms with Crippen LogP contribution in [0.15, 0.2) is 11.6 Å². The Balaban J connectivity index is 4.02. The Labute approximate surface area is 82.2 Å². The fraction of sp³-hybridized carbons (Fsp3) is 0.750. The minimum absolute atomic E-state index is 0.259. The molecule has 0 saturated carbocycles. The summed E-state index contributed by atoms with van der Waals surface area (Å²) in [6.07, 6.45) is 5.79. The van der Waals surface area contributed by atoms with E-state index in [0.29, 0.717) is 5.78 Å². The van der Waals surface area contributed by atoms with Gasteiger partial charge in [0.1, 0.15) is 5.78 Å². The molecular weight excluding hydrogens is 160 g/mol. The minimum atomic E-state index is 0.259. The summed E-state index contributed by atoms with van der Waals surface area (Å²) in [5.41, 5.74) is 1.31. The number of ketones is 1. The van der Waals surface area contributed by atoms with Crippen molar-refractivity contribution in [2.24, 2.45) is 5.92 Å². The summed E-state index contributed by atoms with van der Waals surface area (Å²) >= 11 is 0. The summed E-state index contributed by atoms with van der Waals surface area (Å²) in [5.74, 6) is 0.692. The first kappa shape index (κ1) is 12.4. The van der Waals surface area contributed by atoms with Crippen LogP contribution >= 0.6 is 0 Å². The van der Waals surface area contributed by atoms with Crippen molar-refractivity contribution in [1.82, 2.24) is 0 Å². The molecule has 0 aliphatic heterocycles. The molecule has 0 spiro atoms. The molecule has 13 heavy (non-hydrogen) atoms. The summed E-state index contributed by atoms with van der Waals surface area (Å²) in [6.45, 7) is 8.32. The summed E-state index contributed by atoms with van der Waals surface area (Å²) in [4.78, 5) is 11.6. The van der Waals surface area contributed by atoms with E-state index in [-0.39, 0.29) is 5.92 Å². The number of allylic oxidation sites excluding steroid dienone is 2. The van der Waals surface area contributed by atoms with Crippen LogP contribution < -0.4 is 0 Å². The molecule has 1 nitrogen and oxygen atoms in total. The highest BCUT2D eigenvalue weighted by atomic mass is 16.1. The van der Waals surface area contributed by atoms with Gasteiger partial charge >= 0.3 is 0 Å². The van der Waals surface area contributed by atoms with E-state index in [1.165, 1.54) is 5.57 Å². The first-order valence-corrected chi connectivity index (χ1v) is 5.27. The maximum Gasteiger partial charge on any atom is 0.136 e. The van der Waals surface area contributed by atoms with Crippen LogP contribution in [0.3, 0.4) is 0 Å². The number of rotatable bonds is 6. The largest absolute Gasteiger partial charge is 0.299 e. The SMILES string of the molecule is CCCC(=O)C(CC)CC=C(C)C. The lowest BCUT2D eigenvalue weighted by Gasteiger charge is -2.10. The van der Waals surface area contributed by atoms with Crippen LogP contribution in [-0.2, 0) is 4.79 Å². The lowest BCUT2D eigenvalue weighted by atomic mass is 9.94. The molecule has 0 rings (SSSR count). The van der Waals surface area contributed by atoms with E-state index in [9.17, 15) is 4.79 Å². The molecule has 1 heteroatoms. The molecular formula is C12H22O. The normalized spacial score (nSPS) is 12.3. The Morgan fingerprint density at radius 1 is 1.31 bits per heavy atom. The Morgan fingerprint density at radius 2 is 1.92 bits per heavy atom. The molecule has 0 heterocycles. The van der Waals surface area contributed by atoms with E-state index in [4.69, 9.17) is 0 Å². The molecule has 0 aromatic carbocycles. The van der Waals surface area contributed by atoms with Crippen LogP contribution in [0.2, 0.25) is 0 Å². The van der Waals surface area contributed by atoms with Gasteiger partial charge in [-0.25, -0.2) is 0 Å². The maximum atomic E-state index is 11.6. The predicted octanol–water partition coefficient (Wildman–Crippen LogP) is 3.74. The molecule has 1 unspecified atom stereocenters. The van der Waals surface area contributed by atoms with Gasteiger partial charge in [0.25, 0.3) is 0 Å². The average molecular weight is 182 g/mol. The first-order chi connectivity index (χ1) is 6.11. The fourth-order valence-electron chi connectivity index (χ4n) is 1.35. The Hall–Kier alpha value is -0.590. The third-order valence-electron chi connectivity index (χ3n) is 2.26. The first-order valence-electron chi connectivity index (χ1n) is 5.27. The molecule has 0 fully saturated rings. The van der Waals surface area contributed by atoms with E-state index < -0.39 is 0 Å². The number of carbonyl (C=O) groups is 1.